The summed E-state index contributed by atoms with van der Waals surface area (Å²) in [5, 5.41) is 5.01. The Morgan fingerprint density at radius 3 is 2.56 bits per heavy atom. The van der Waals surface area contributed by atoms with Crippen molar-refractivity contribution in [3.63, 3.8) is 0 Å². The molecular formula is C21H22N4O2. The minimum Gasteiger partial charge on any atom is -0.355 e. The zero-order valence-corrected chi connectivity index (χ0v) is 15.3. The molecule has 2 heterocycles. The van der Waals surface area contributed by atoms with Gasteiger partial charge in [0.05, 0.1) is 5.69 Å². The van der Waals surface area contributed by atoms with Crippen LogP contribution in [0.1, 0.15) is 17.2 Å². The van der Waals surface area contributed by atoms with Crippen molar-refractivity contribution in [1.29, 1.82) is 0 Å². The number of nitrogens with two attached hydrogens (primary N) is 1. The second-order valence-corrected chi connectivity index (χ2v) is 6.95. The van der Waals surface area contributed by atoms with Crippen molar-refractivity contribution in [2.24, 2.45) is 18.8 Å². The van der Waals surface area contributed by atoms with E-state index >= 15 is 0 Å². The Morgan fingerprint density at radius 1 is 1.15 bits per heavy atom. The molecule has 0 radical (unpaired) electrons. The summed E-state index contributed by atoms with van der Waals surface area (Å²) in [6, 6.07) is 17.0. The van der Waals surface area contributed by atoms with Crippen LogP contribution in [0.2, 0.25) is 0 Å². The summed E-state index contributed by atoms with van der Waals surface area (Å²) in [6.07, 6.45) is 0. The Bertz CT molecular complexity index is 1030. The molecular weight excluding hydrogens is 340 g/mol. The van der Waals surface area contributed by atoms with E-state index in [9.17, 15) is 9.59 Å². The van der Waals surface area contributed by atoms with E-state index in [1.54, 1.807) is 12.1 Å². The van der Waals surface area contributed by atoms with Gasteiger partial charge in [0.2, 0.25) is 5.91 Å². The van der Waals surface area contributed by atoms with Gasteiger partial charge in [-0.2, -0.15) is 0 Å². The normalized spacial score (nSPS) is 19.3. The number of hydrogen-bond donors (Lipinski definition) is 2. The lowest BCUT2D eigenvalue weighted by Crippen LogP contribution is -2.45. The fourth-order valence-corrected chi connectivity index (χ4v) is 4.06. The summed E-state index contributed by atoms with van der Waals surface area (Å²) >= 11 is 0. The van der Waals surface area contributed by atoms with Crippen molar-refractivity contribution in [3.05, 3.63) is 65.9 Å². The number of hydrazine groups is 1. The fourth-order valence-electron chi connectivity index (χ4n) is 4.06. The van der Waals surface area contributed by atoms with E-state index < -0.39 is 11.8 Å². The molecule has 2 aromatic carbocycles. The van der Waals surface area contributed by atoms with E-state index in [1.165, 1.54) is 0 Å². The molecule has 3 aromatic rings. The first kappa shape index (κ1) is 17.3. The third kappa shape index (κ3) is 2.69. The van der Waals surface area contributed by atoms with Crippen molar-refractivity contribution in [2.45, 2.75) is 12.8 Å². The van der Waals surface area contributed by atoms with Crippen LogP contribution >= 0.6 is 0 Å². The van der Waals surface area contributed by atoms with Crippen LogP contribution in [0, 0.1) is 12.8 Å². The summed E-state index contributed by atoms with van der Waals surface area (Å²) in [5.41, 5.74) is 3.74. The Morgan fingerprint density at radius 2 is 1.81 bits per heavy atom. The Kier molecular flexibility index (Phi) is 4.20. The highest BCUT2D eigenvalue weighted by atomic mass is 16.2. The Labute approximate surface area is 157 Å². The number of aryl methyl sites for hydroxylation is 1. The average Bonchev–Trinajstić information content (AvgIpc) is 3.19. The van der Waals surface area contributed by atoms with Crippen molar-refractivity contribution in [3.8, 4) is 0 Å². The number of anilines is 1. The van der Waals surface area contributed by atoms with Gasteiger partial charge in [-0.15, -0.1) is 0 Å². The van der Waals surface area contributed by atoms with Gasteiger partial charge in [0.25, 0.3) is 5.91 Å². The minimum atomic E-state index is -0.847. The van der Waals surface area contributed by atoms with E-state index in [4.69, 9.17) is 5.84 Å². The zero-order valence-electron chi connectivity index (χ0n) is 15.3. The number of benzene rings is 2. The smallest absolute Gasteiger partial charge is 0.254 e. The molecule has 6 nitrogen and oxygen atoms in total. The lowest BCUT2D eigenvalue weighted by atomic mass is 9.86. The molecule has 2 unspecified atom stereocenters. The van der Waals surface area contributed by atoms with E-state index in [1.807, 2.05) is 56.4 Å². The van der Waals surface area contributed by atoms with E-state index in [0.29, 0.717) is 12.2 Å². The van der Waals surface area contributed by atoms with Crippen LogP contribution in [0.5, 0.6) is 0 Å². The summed E-state index contributed by atoms with van der Waals surface area (Å²) in [4.78, 5) is 25.7. The van der Waals surface area contributed by atoms with Gasteiger partial charge in [0, 0.05) is 36.1 Å². The number of para-hydroxylation sites is 2. The van der Waals surface area contributed by atoms with Crippen LogP contribution in [0.15, 0.2) is 54.6 Å². The van der Waals surface area contributed by atoms with Crippen LogP contribution < -0.4 is 16.2 Å². The van der Waals surface area contributed by atoms with E-state index in [2.05, 4.69) is 9.88 Å². The maximum atomic E-state index is 13.1. The molecule has 1 aliphatic heterocycles. The number of nitrogens with one attached hydrogen (secondary N) is 1. The molecule has 0 aliphatic carbocycles. The molecule has 1 saturated heterocycles. The van der Waals surface area contributed by atoms with E-state index in [-0.39, 0.29) is 11.8 Å². The molecule has 6 heteroatoms. The quantitative estimate of drug-likeness (QED) is 0.324. The lowest BCUT2D eigenvalue weighted by molar-refractivity contribution is -0.131. The number of nitrogens with zero attached hydrogens (tertiary/aromatic N) is 2. The van der Waals surface area contributed by atoms with Gasteiger partial charge >= 0.3 is 0 Å². The number of fused-ring (bicyclic) bond motifs is 1. The van der Waals surface area contributed by atoms with Crippen molar-refractivity contribution >= 4 is 28.4 Å². The largest absolute Gasteiger partial charge is 0.355 e. The van der Waals surface area contributed by atoms with Crippen LogP contribution in [-0.2, 0) is 16.6 Å². The first-order chi connectivity index (χ1) is 13.0. The molecule has 1 aromatic heterocycles. The standard InChI is InChI=1S/C21H22N4O2/c1-13-18(15-10-6-7-11-17(15)24(13)2)16-12-23-20(26)19(16)21(27)25(22)14-8-4-3-5-9-14/h3-11,16,19H,12,22H2,1-2H3,(H,23,26). The van der Waals surface area contributed by atoms with Gasteiger partial charge in [0.1, 0.15) is 5.92 Å². The molecule has 2 amide bonds. The molecule has 0 spiro atoms. The summed E-state index contributed by atoms with van der Waals surface area (Å²) < 4.78 is 2.10. The predicted octanol–water partition coefficient (Wildman–Crippen LogP) is 2.22. The highest BCUT2D eigenvalue weighted by Gasteiger charge is 2.44. The third-order valence-electron chi connectivity index (χ3n) is 5.54. The van der Waals surface area contributed by atoms with Gasteiger partial charge < -0.3 is 9.88 Å². The number of hydrogen-bond acceptors (Lipinski definition) is 3. The fraction of sp³-hybridized carbons (Fsp3) is 0.238. The number of aromatic nitrogens is 1. The number of carbonyl (C=O) groups excluding carboxylic acids is 2. The van der Waals surface area contributed by atoms with Crippen LogP contribution in [-0.4, -0.2) is 22.9 Å². The average molecular weight is 362 g/mol. The predicted molar refractivity (Wildman–Crippen MR) is 105 cm³/mol. The highest BCUT2D eigenvalue weighted by molar-refractivity contribution is 6.09. The highest BCUT2D eigenvalue weighted by Crippen LogP contribution is 2.38. The molecule has 0 saturated carbocycles. The molecule has 0 bridgehead atoms. The van der Waals surface area contributed by atoms with E-state index in [0.717, 1.165) is 27.2 Å². The lowest BCUT2D eigenvalue weighted by Gasteiger charge is -2.23. The van der Waals surface area contributed by atoms with Crippen molar-refractivity contribution in [1.82, 2.24) is 9.88 Å². The number of carbonyl (C=O) groups is 2. The number of amides is 2. The van der Waals surface area contributed by atoms with Crippen molar-refractivity contribution in [2.75, 3.05) is 11.6 Å². The molecule has 3 N–H and O–H groups in total. The SMILES string of the molecule is Cc1c(C2CNC(=O)C2C(=O)N(N)c2ccccc2)c2ccccc2n1C. The van der Waals surface area contributed by atoms with Crippen LogP contribution in [0.25, 0.3) is 10.9 Å². The minimum absolute atomic E-state index is 0.258. The second kappa shape index (κ2) is 6.55. The molecule has 4 rings (SSSR count). The molecule has 27 heavy (non-hydrogen) atoms. The number of rotatable bonds is 3. The topological polar surface area (TPSA) is 80.4 Å². The summed E-state index contributed by atoms with van der Waals surface area (Å²) in [6.45, 7) is 2.45. The maximum Gasteiger partial charge on any atom is 0.254 e. The van der Waals surface area contributed by atoms with Crippen molar-refractivity contribution < 1.29 is 9.59 Å². The third-order valence-corrected chi connectivity index (χ3v) is 5.54. The van der Waals surface area contributed by atoms with Gasteiger partial charge in [-0.25, -0.2) is 10.9 Å². The van der Waals surface area contributed by atoms with Crippen LogP contribution in [0.4, 0.5) is 5.69 Å². The Hall–Kier alpha value is -3.12. The maximum absolute atomic E-state index is 13.1. The first-order valence-corrected chi connectivity index (χ1v) is 8.96. The van der Waals surface area contributed by atoms with Gasteiger partial charge in [-0.3, -0.25) is 9.59 Å². The van der Waals surface area contributed by atoms with Gasteiger partial charge in [-0.1, -0.05) is 36.4 Å². The second-order valence-electron chi connectivity index (χ2n) is 6.95. The molecule has 138 valence electrons. The molecule has 1 fully saturated rings. The molecule has 2 atom stereocenters. The summed E-state index contributed by atoms with van der Waals surface area (Å²) in [7, 11) is 2.00. The van der Waals surface area contributed by atoms with Gasteiger partial charge in [-0.05, 0) is 30.7 Å². The first-order valence-electron chi connectivity index (χ1n) is 8.96. The summed E-state index contributed by atoms with van der Waals surface area (Å²) in [5.74, 6) is 4.30. The zero-order chi connectivity index (χ0) is 19.1. The van der Waals surface area contributed by atoms with Gasteiger partial charge in [0.15, 0.2) is 0 Å². The van der Waals surface area contributed by atoms with Crippen LogP contribution in [0.3, 0.4) is 0 Å². The molecule has 1 aliphatic rings. The monoisotopic (exact) mass is 362 g/mol. The Balaban J connectivity index is 1.77.